The van der Waals surface area contributed by atoms with Gasteiger partial charge in [0.25, 0.3) is 0 Å². The van der Waals surface area contributed by atoms with Crippen LogP contribution < -0.4 is 11.1 Å². The Hall–Kier alpha value is -1.00. The maximum Gasteiger partial charge on any atom is 0.237 e. The molecule has 0 bridgehead atoms. The normalized spacial score (nSPS) is 15.8. The van der Waals surface area contributed by atoms with Crippen molar-refractivity contribution in [3.05, 3.63) is 29.3 Å². The van der Waals surface area contributed by atoms with Gasteiger partial charge in [0.1, 0.15) is 0 Å². The Labute approximate surface area is 133 Å². The van der Waals surface area contributed by atoms with Crippen molar-refractivity contribution in [3.63, 3.8) is 0 Å². The summed E-state index contributed by atoms with van der Waals surface area (Å²) in [5.41, 5.74) is 7.53. The number of nitrogens with two attached hydrogens (primary N) is 1. The van der Waals surface area contributed by atoms with Crippen LogP contribution in [0.25, 0.3) is 0 Å². The van der Waals surface area contributed by atoms with Gasteiger partial charge >= 0.3 is 0 Å². The van der Waals surface area contributed by atoms with Crippen molar-refractivity contribution in [3.8, 4) is 0 Å². The summed E-state index contributed by atoms with van der Waals surface area (Å²) in [6.45, 7) is 12.3. The van der Waals surface area contributed by atoms with E-state index in [2.05, 4.69) is 44.3 Å². The topological polar surface area (TPSA) is 55.1 Å². The second kappa shape index (κ2) is 7.32. The maximum atomic E-state index is 11.8. The van der Waals surface area contributed by atoms with Crippen molar-refractivity contribution in [1.29, 1.82) is 0 Å². The van der Waals surface area contributed by atoms with Crippen molar-refractivity contribution in [2.75, 3.05) is 0 Å². The SMILES string of the molecule is Cc1ccc(SC(C)CC(C)(NC(C)C)C(N)=O)cc1C. The quantitative estimate of drug-likeness (QED) is 0.759. The Bertz CT molecular complexity index is 502. The maximum absolute atomic E-state index is 11.8. The van der Waals surface area contributed by atoms with E-state index in [1.807, 2.05) is 20.8 Å². The number of primary amides is 1. The second-order valence-corrected chi connectivity index (χ2v) is 7.89. The molecule has 3 N–H and O–H groups in total. The lowest BCUT2D eigenvalue weighted by molar-refractivity contribution is -0.124. The van der Waals surface area contributed by atoms with E-state index in [1.54, 1.807) is 11.8 Å². The largest absolute Gasteiger partial charge is 0.368 e. The number of benzene rings is 1. The number of thioether (sulfide) groups is 1. The monoisotopic (exact) mass is 308 g/mol. The molecule has 1 rings (SSSR count). The average Bonchev–Trinajstić information content (AvgIpc) is 2.32. The molecular formula is C17H28N2OS. The van der Waals surface area contributed by atoms with E-state index in [1.165, 1.54) is 16.0 Å². The Balaban J connectivity index is 2.76. The Morgan fingerprint density at radius 2 is 1.90 bits per heavy atom. The fourth-order valence-corrected chi connectivity index (χ4v) is 3.78. The van der Waals surface area contributed by atoms with E-state index < -0.39 is 5.54 Å². The molecule has 1 amide bonds. The van der Waals surface area contributed by atoms with Gasteiger partial charge in [-0.2, -0.15) is 0 Å². The zero-order valence-corrected chi connectivity index (χ0v) is 14.8. The molecule has 0 aliphatic heterocycles. The van der Waals surface area contributed by atoms with Crippen LogP contribution in [0.1, 0.15) is 45.2 Å². The third-order valence-electron chi connectivity index (χ3n) is 3.66. The third-order valence-corrected chi connectivity index (χ3v) is 4.76. The molecule has 2 unspecified atom stereocenters. The zero-order chi connectivity index (χ0) is 16.2. The highest BCUT2D eigenvalue weighted by atomic mass is 32.2. The summed E-state index contributed by atoms with van der Waals surface area (Å²) in [5, 5.41) is 3.61. The molecule has 0 saturated heterocycles. The second-order valence-electron chi connectivity index (χ2n) is 6.37. The summed E-state index contributed by atoms with van der Waals surface area (Å²) >= 11 is 1.79. The molecule has 0 aliphatic rings. The highest BCUT2D eigenvalue weighted by molar-refractivity contribution is 7.99. The van der Waals surface area contributed by atoms with Gasteiger partial charge in [-0.25, -0.2) is 0 Å². The molecule has 2 atom stereocenters. The van der Waals surface area contributed by atoms with Crippen LogP contribution in [-0.4, -0.2) is 22.7 Å². The minimum absolute atomic E-state index is 0.223. The van der Waals surface area contributed by atoms with E-state index >= 15 is 0 Å². The van der Waals surface area contributed by atoms with Gasteiger partial charge < -0.3 is 11.1 Å². The Morgan fingerprint density at radius 3 is 2.38 bits per heavy atom. The number of hydrogen-bond acceptors (Lipinski definition) is 3. The van der Waals surface area contributed by atoms with Crippen LogP contribution in [0.3, 0.4) is 0 Å². The van der Waals surface area contributed by atoms with Crippen LogP contribution in [0.15, 0.2) is 23.1 Å². The molecule has 1 aromatic carbocycles. The molecule has 0 heterocycles. The highest BCUT2D eigenvalue weighted by Crippen LogP contribution is 2.30. The Morgan fingerprint density at radius 1 is 1.29 bits per heavy atom. The first-order valence-electron chi connectivity index (χ1n) is 7.45. The number of aryl methyl sites for hydroxylation is 2. The lowest BCUT2D eigenvalue weighted by Crippen LogP contribution is -2.56. The summed E-state index contributed by atoms with van der Waals surface area (Å²) in [7, 11) is 0. The smallest absolute Gasteiger partial charge is 0.237 e. The average molecular weight is 308 g/mol. The summed E-state index contributed by atoms with van der Waals surface area (Å²) in [6, 6.07) is 6.71. The minimum Gasteiger partial charge on any atom is -0.368 e. The predicted octanol–water partition coefficient (Wildman–Crippen LogP) is 3.42. The van der Waals surface area contributed by atoms with Crippen LogP contribution in [-0.2, 0) is 4.79 Å². The van der Waals surface area contributed by atoms with Crippen LogP contribution in [0.5, 0.6) is 0 Å². The van der Waals surface area contributed by atoms with Crippen molar-refractivity contribution in [2.24, 2.45) is 5.73 Å². The predicted molar refractivity (Wildman–Crippen MR) is 91.7 cm³/mol. The molecular weight excluding hydrogens is 280 g/mol. The number of nitrogens with one attached hydrogen (secondary N) is 1. The standard InChI is InChI=1S/C17H28N2OS/c1-11(2)19-17(6,16(18)20)10-14(5)21-15-8-7-12(3)13(4)9-15/h7-9,11,14,19H,10H2,1-6H3,(H2,18,20). The minimum atomic E-state index is -0.666. The molecule has 0 fully saturated rings. The molecule has 4 heteroatoms. The van der Waals surface area contributed by atoms with Crippen molar-refractivity contribution < 1.29 is 4.79 Å². The van der Waals surface area contributed by atoms with Gasteiger partial charge in [-0.05, 0) is 64.3 Å². The van der Waals surface area contributed by atoms with Crippen molar-refractivity contribution in [1.82, 2.24) is 5.32 Å². The van der Waals surface area contributed by atoms with Crippen LogP contribution in [0.4, 0.5) is 0 Å². The van der Waals surface area contributed by atoms with E-state index in [0.717, 1.165) is 0 Å². The first-order chi connectivity index (χ1) is 9.64. The molecule has 21 heavy (non-hydrogen) atoms. The van der Waals surface area contributed by atoms with Crippen molar-refractivity contribution >= 4 is 17.7 Å². The summed E-state index contributed by atoms with van der Waals surface area (Å²) in [5.74, 6) is -0.288. The zero-order valence-electron chi connectivity index (χ0n) is 14.0. The van der Waals surface area contributed by atoms with Crippen LogP contribution >= 0.6 is 11.8 Å². The molecule has 118 valence electrons. The van der Waals surface area contributed by atoms with E-state index in [9.17, 15) is 4.79 Å². The van der Waals surface area contributed by atoms with Gasteiger partial charge in [0.05, 0.1) is 5.54 Å². The Kier molecular flexibility index (Phi) is 6.29. The molecule has 1 aromatic rings. The van der Waals surface area contributed by atoms with Gasteiger partial charge in [-0.15, -0.1) is 11.8 Å². The number of rotatable bonds is 7. The molecule has 0 aliphatic carbocycles. The molecule has 0 aromatic heterocycles. The van der Waals surface area contributed by atoms with Gasteiger partial charge in [0, 0.05) is 16.2 Å². The van der Waals surface area contributed by atoms with Gasteiger partial charge in [0.15, 0.2) is 0 Å². The summed E-state index contributed by atoms with van der Waals surface area (Å²) < 4.78 is 0. The van der Waals surface area contributed by atoms with Gasteiger partial charge in [0.2, 0.25) is 5.91 Å². The molecule has 0 saturated carbocycles. The third kappa shape index (κ3) is 5.36. The number of hydrogen-bond donors (Lipinski definition) is 2. The lowest BCUT2D eigenvalue weighted by atomic mass is 9.94. The lowest BCUT2D eigenvalue weighted by Gasteiger charge is -2.32. The van der Waals surface area contributed by atoms with E-state index in [0.29, 0.717) is 11.7 Å². The molecule has 0 spiro atoms. The summed E-state index contributed by atoms with van der Waals surface area (Å²) in [6.07, 6.45) is 0.706. The van der Waals surface area contributed by atoms with Gasteiger partial charge in [-0.1, -0.05) is 13.0 Å². The summed E-state index contributed by atoms with van der Waals surface area (Å²) in [4.78, 5) is 13.0. The first kappa shape index (κ1) is 18.1. The number of amides is 1. The first-order valence-corrected chi connectivity index (χ1v) is 8.33. The highest BCUT2D eigenvalue weighted by Gasteiger charge is 2.33. The molecule has 0 radical (unpaired) electrons. The van der Waals surface area contributed by atoms with Crippen LogP contribution in [0.2, 0.25) is 0 Å². The number of carbonyl (C=O) groups is 1. The van der Waals surface area contributed by atoms with Gasteiger partial charge in [-0.3, -0.25) is 4.79 Å². The van der Waals surface area contributed by atoms with Crippen LogP contribution in [0, 0.1) is 13.8 Å². The van der Waals surface area contributed by atoms with Crippen molar-refractivity contribution in [2.45, 2.75) is 69.7 Å². The van der Waals surface area contributed by atoms with E-state index in [4.69, 9.17) is 5.73 Å². The molecule has 3 nitrogen and oxygen atoms in total. The fraction of sp³-hybridized carbons (Fsp3) is 0.588. The number of carbonyl (C=O) groups excluding carboxylic acids is 1. The fourth-order valence-electron chi connectivity index (χ4n) is 2.50. The van der Waals surface area contributed by atoms with E-state index in [-0.39, 0.29) is 11.9 Å².